The summed E-state index contributed by atoms with van der Waals surface area (Å²) in [5.74, 6) is 0.321. The van der Waals surface area contributed by atoms with Crippen LogP contribution in [0.15, 0.2) is 36.5 Å². The second kappa shape index (κ2) is 11.9. The number of benzene rings is 1. The molecule has 7 rings (SSSR count). The topological polar surface area (TPSA) is 98.1 Å². The number of rotatable bonds is 7. The Balaban J connectivity index is 1.26. The lowest BCUT2D eigenvalue weighted by molar-refractivity contribution is -0.142. The van der Waals surface area contributed by atoms with Crippen molar-refractivity contribution in [1.82, 2.24) is 24.0 Å². The summed E-state index contributed by atoms with van der Waals surface area (Å²) in [4.78, 5) is 29.7. The number of hydrogen-bond acceptors (Lipinski definition) is 5. The van der Waals surface area contributed by atoms with Gasteiger partial charge in [0.25, 0.3) is 11.8 Å². The molecule has 3 aromatic heterocycles. The van der Waals surface area contributed by atoms with Gasteiger partial charge in [0.05, 0.1) is 16.8 Å². The molecule has 1 aliphatic carbocycles. The Kier molecular flexibility index (Phi) is 7.90. The molecule has 2 N–H and O–H groups in total. The van der Waals surface area contributed by atoms with Crippen LogP contribution in [0.3, 0.4) is 0 Å². The van der Waals surface area contributed by atoms with Crippen LogP contribution in [0.1, 0.15) is 72.9 Å². The maximum absolute atomic E-state index is 15.7. The van der Waals surface area contributed by atoms with Crippen LogP contribution in [0.2, 0.25) is 0 Å². The highest BCUT2D eigenvalue weighted by molar-refractivity contribution is 5.95. The van der Waals surface area contributed by atoms with Gasteiger partial charge in [0.2, 0.25) is 0 Å². The fraction of sp³-hybridized carbons (Fsp3) is 0.514. The van der Waals surface area contributed by atoms with Crippen LogP contribution < -0.4 is 5.73 Å². The standard InChI is InChI=1S/C35H43FN6O3/c1-21-31(38-42-19-26(16-29(36)32(21)42)35(44)40-13-5-7-27(37)20-40)30-17-25-6-4-8-28(33(25)41(30)18-23-9-10-23)24-11-14-39(15-12-24)34(43)22(2)45-3/h4,6,8,16-17,19,22-24,27H,5,7,9-15,18,20,37H2,1-3H3. The molecule has 3 aliphatic rings. The summed E-state index contributed by atoms with van der Waals surface area (Å²) in [7, 11) is 1.57. The van der Waals surface area contributed by atoms with Crippen molar-refractivity contribution in [3.05, 3.63) is 59.0 Å². The molecule has 1 aromatic carbocycles. The fourth-order valence-corrected chi connectivity index (χ4v) is 7.41. The van der Waals surface area contributed by atoms with Gasteiger partial charge in [-0.25, -0.2) is 8.91 Å². The molecule has 2 atom stereocenters. The minimum atomic E-state index is -0.451. The van der Waals surface area contributed by atoms with Gasteiger partial charge in [0, 0.05) is 63.0 Å². The number of pyridine rings is 1. The second-order valence-corrected chi connectivity index (χ2v) is 13.3. The number of para-hydroxylation sites is 1. The van der Waals surface area contributed by atoms with Gasteiger partial charge in [0.15, 0.2) is 0 Å². The van der Waals surface area contributed by atoms with E-state index in [-0.39, 0.29) is 23.4 Å². The summed E-state index contributed by atoms with van der Waals surface area (Å²) in [5, 5.41) is 6.07. The average molecular weight is 615 g/mol. The van der Waals surface area contributed by atoms with Gasteiger partial charge in [-0.2, -0.15) is 5.10 Å². The molecule has 10 heteroatoms. The van der Waals surface area contributed by atoms with E-state index in [1.807, 2.05) is 11.8 Å². The first kappa shape index (κ1) is 29.9. The quantitative estimate of drug-likeness (QED) is 0.312. The van der Waals surface area contributed by atoms with E-state index in [0.717, 1.165) is 54.6 Å². The zero-order valence-corrected chi connectivity index (χ0v) is 26.5. The molecule has 45 heavy (non-hydrogen) atoms. The van der Waals surface area contributed by atoms with E-state index in [1.165, 1.54) is 30.0 Å². The summed E-state index contributed by atoms with van der Waals surface area (Å²) >= 11 is 0. The summed E-state index contributed by atoms with van der Waals surface area (Å²) < 4.78 is 25.0. The lowest BCUT2D eigenvalue weighted by Gasteiger charge is -2.34. The van der Waals surface area contributed by atoms with Crippen molar-refractivity contribution in [2.75, 3.05) is 33.3 Å². The van der Waals surface area contributed by atoms with Gasteiger partial charge in [-0.15, -0.1) is 0 Å². The number of amides is 2. The second-order valence-electron chi connectivity index (χ2n) is 13.3. The molecule has 238 valence electrons. The van der Waals surface area contributed by atoms with E-state index < -0.39 is 11.9 Å². The van der Waals surface area contributed by atoms with Crippen molar-refractivity contribution in [3.8, 4) is 11.4 Å². The van der Waals surface area contributed by atoms with Gasteiger partial charge in [-0.1, -0.05) is 18.2 Å². The third-order valence-electron chi connectivity index (χ3n) is 10.2. The first-order valence-electron chi connectivity index (χ1n) is 16.4. The normalized spacial score (nSPS) is 20.3. The van der Waals surface area contributed by atoms with E-state index in [9.17, 15) is 9.59 Å². The maximum atomic E-state index is 15.7. The van der Waals surface area contributed by atoms with Gasteiger partial charge >= 0.3 is 0 Å². The number of carbonyl (C=O) groups is 2. The molecule has 5 heterocycles. The Labute approximate surface area is 263 Å². The minimum Gasteiger partial charge on any atom is -0.372 e. The number of likely N-dealkylation sites (tertiary alicyclic amines) is 2. The number of fused-ring (bicyclic) bond motifs is 2. The van der Waals surface area contributed by atoms with E-state index in [1.54, 1.807) is 29.6 Å². The number of carbonyl (C=O) groups excluding carboxylic acids is 2. The molecule has 4 aromatic rings. The highest BCUT2D eigenvalue weighted by Crippen LogP contribution is 2.41. The monoisotopic (exact) mass is 614 g/mol. The van der Waals surface area contributed by atoms with Gasteiger partial charge in [-0.05, 0) is 81.9 Å². The summed E-state index contributed by atoms with van der Waals surface area (Å²) in [6.07, 6.45) is 7.15. The largest absolute Gasteiger partial charge is 0.372 e. The van der Waals surface area contributed by atoms with Crippen molar-refractivity contribution in [1.29, 1.82) is 0 Å². The summed E-state index contributed by atoms with van der Waals surface area (Å²) in [5.41, 5.74) is 11.8. The van der Waals surface area contributed by atoms with Crippen LogP contribution in [-0.2, 0) is 16.1 Å². The van der Waals surface area contributed by atoms with Crippen molar-refractivity contribution in [2.45, 2.75) is 77.0 Å². The smallest absolute Gasteiger partial charge is 0.255 e. The fourth-order valence-electron chi connectivity index (χ4n) is 7.41. The van der Waals surface area contributed by atoms with Crippen LogP contribution in [0.4, 0.5) is 4.39 Å². The number of piperidine rings is 2. The molecule has 9 nitrogen and oxygen atoms in total. The highest BCUT2D eigenvalue weighted by Gasteiger charge is 2.31. The third kappa shape index (κ3) is 5.52. The van der Waals surface area contributed by atoms with Crippen molar-refractivity contribution < 1.29 is 18.7 Å². The van der Waals surface area contributed by atoms with Crippen LogP contribution in [0.25, 0.3) is 27.8 Å². The lowest BCUT2D eigenvalue weighted by atomic mass is 9.88. The molecule has 2 amide bonds. The van der Waals surface area contributed by atoms with Gasteiger partial charge < -0.3 is 24.8 Å². The number of aromatic nitrogens is 3. The number of hydrogen-bond donors (Lipinski definition) is 1. The van der Waals surface area contributed by atoms with Crippen molar-refractivity contribution >= 4 is 28.2 Å². The Morgan fingerprint density at radius 3 is 2.56 bits per heavy atom. The molecule has 2 unspecified atom stereocenters. The van der Waals surface area contributed by atoms with Gasteiger partial charge in [-0.3, -0.25) is 9.59 Å². The molecule has 0 radical (unpaired) electrons. The Bertz CT molecular complexity index is 1770. The zero-order chi connectivity index (χ0) is 31.4. The van der Waals surface area contributed by atoms with E-state index in [0.29, 0.717) is 43.5 Å². The van der Waals surface area contributed by atoms with E-state index in [4.69, 9.17) is 15.6 Å². The number of aryl methyl sites for hydroxylation is 1. The van der Waals surface area contributed by atoms with Crippen LogP contribution in [0, 0.1) is 18.7 Å². The Hall–Kier alpha value is -3.76. The predicted octanol–water partition coefficient (Wildman–Crippen LogP) is 5.12. The highest BCUT2D eigenvalue weighted by atomic mass is 19.1. The maximum Gasteiger partial charge on any atom is 0.255 e. The van der Waals surface area contributed by atoms with Crippen molar-refractivity contribution in [2.24, 2.45) is 11.7 Å². The van der Waals surface area contributed by atoms with Gasteiger partial charge in [0.1, 0.15) is 23.1 Å². The molecule has 0 bridgehead atoms. The molecule has 0 spiro atoms. The number of halogens is 1. The summed E-state index contributed by atoms with van der Waals surface area (Å²) in [6, 6.07) is 9.98. The minimum absolute atomic E-state index is 0.0486. The number of nitrogens with two attached hydrogens (primary N) is 1. The average Bonchev–Trinajstić information content (AvgIpc) is 3.71. The van der Waals surface area contributed by atoms with Crippen LogP contribution >= 0.6 is 0 Å². The molecular weight excluding hydrogens is 571 g/mol. The third-order valence-corrected chi connectivity index (χ3v) is 10.2. The number of nitrogens with zero attached hydrogens (tertiary/aromatic N) is 5. The predicted molar refractivity (Wildman–Crippen MR) is 172 cm³/mol. The van der Waals surface area contributed by atoms with Crippen LogP contribution in [0.5, 0.6) is 0 Å². The number of ether oxygens (including phenoxy) is 1. The number of methoxy groups -OCH3 is 1. The van der Waals surface area contributed by atoms with Crippen LogP contribution in [-0.4, -0.2) is 81.2 Å². The molecular formula is C35H43FN6O3. The first-order chi connectivity index (χ1) is 21.7. The lowest BCUT2D eigenvalue weighted by Crippen LogP contribution is -2.45. The molecule has 2 saturated heterocycles. The van der Waals surface area contributed by atoms with E-state index in [2.05, 4.69) is 28.8 Å². The first-order valence-corrected chi connectivity index (χ1v) is 16.4. The molecule has 3 fully saturated rings. The summed E-state index contributed by atoms with van der Waals surface area (Å²) in [6.45, 7) is 7.12. The molecule has 1 saturated carbocycles. The Morgan fingerprint density at radius 1 is 1.07 bits per heavy atom. The Morgan fingerprint density at radius 2 is 1.84 bits per heavy atom. The van der Waals surface area contributed by atoms with E-state index >= 15 is 4.39 Å². The SMILES string of the molecule is COC(C)C(=O)N1CCC(c2cccc3cc(-c4nn5cc(C(=O)N6CCCC(N)C6)cc(F)c5c4C)n(CC4CC4)c23)CC1. The molecule has 2 aliphatic heterocycles. The zero-order valence-electron chi connectivity index (χ0n) is 26.5. The van der Waals surface area contributed by atoms with Crippen molar-refractivity contribution in [3.63, 3.8) is 0 Å².